The number of carboxylic acids is 1. The Morgan fingerprint density at radius 1 is 0.905 bits per heavy atom. The molecule has 2 aliphatic heterocycles. The van der Waals surface area contributed by atoms with Crippen LogP contribution in [0.5, 0.6) is 0 Å². The molecule has 2 heterocycles. The van der Waals surface area contributed by atoms with Crippen LogP contribution in [0.4, 0.5) is 0 Å². The third-order valence-corrected chi connectivity index (χ3v) is 4.86. The predicted octanol–water partition coefficient (Wildman–Crippen LogP) is 1.88. The van der Waals surface area contributed by atoms with Gasteiger partial charge in [-0.05, 0) is 52.6 Å². The molecule has 5 nitrogen and oxygen atoms in total. The molecule has 0 unspecified atom stereocenters. The molecule has 118 valence electrons. The molecular formula is C16H26N2O3. The average molecular weight is 294 g/mol. The Labute approximate surface area is 126 Å². The van der Waals surface area contributed by atoms with E-state index in [2.05, 4.69) is 4.90 Å². The van der Waals surface area contributed by atoms with Crippen molar-refractivity contribution in [3.05, 3.63) is 11.1 Å². The first-order valence-corrected chi connectivity index (χ1v) is 7.95. The molecule has 0 radical (unpaired) electrons. The Morgan fingerprint density at radius 2 is 1.48 bits per heavy atom. The third-order valence-electron chi connectivity index (χ3n) is 4.86. The molecule has 0 bridgehead atoms. The molecule has 0 aromatic carbocycles. The number of likely N-dealkylation sites (tertiary alicyclic amines) is 2. The maximum atomic E-state index is 12.3. The molecule has 0 saturated carbocycles. The number of carboxylic acid groups (broad SMARTS) is 1. The molecule has 1 N–H and O–H groups in total. The topological polar surface area (TPSA) is 60.9 Å². The molecular weight excluding hydrogens is 268 g/mol. The summed E-state index contributed by atoms with van der Waals surface area (Å²) in [6.45, 7) is 6.97. The molecule has 2 rings (SSSR count). The van der Waals surface area contributed by atoms with Gasteiger partial charge in [0.1, 0.15) is 0 Å². The average Bonchev–Trinajstić information content (AvgIpc) is 2.53. The van der Waals surface area contributed by atoms with E-state index in [0.29, 0.717) is 11.6 Å². The van der Waals surface area contributed by atoms with E-state index in [9.17, 15) is 9.59 Å². The van der Waals surface area contributed by atoms with E-state index in [0.717, 1.165) is 25.9 Å². The van der Waals surface area contributed by atoms with E-state index >= 15 is 0 Å². The van der Waals surface area contributed by atoms with E-state index in [1.807, 2.05) is 4.90 Å². The second-order valence-corrected chi connectivity index (χ2v) is 6.18. The molecule has 2 fully saturated rings. The number of rotatable bonds is 3. The summed E-state index contributed by atoms with van der Waals surface area (Å²) in [4.78, 5) is 27.6. The molecule has 2 aliphatic rings. The van der Waals surface area contributed by atoms with Crippen molar-refractivity contribution in [1.29, 1.82) is 0 Å². The Morgan fingerprint density at radius 3 is 2.00 bits per heavy atom. The van der Waals surface area contributed by atoms with Gasteiger partial charge in [0.2, 0.25) is 5.91 Å². The van der Waals surface area contributed by atoms with E-state index in [-0.39, 0.29) is 11.5 Å². The van der Waals surface area contributed by atoms with Crippen molar-refractivity contribution >= 4 is 11.9 Å². The quantitative estimate of drug-likeness (QED) is 0.807. The van der Waals surface area contributed by atoms with Crippen LogP contribution in [-0.4, -0.2) is 59.0 Å². The molecule has 0 aromatic rings. The maximum Gasteiger partial charge on any atom is 0.331 e. The Bertz CT molecular complexity index is 431. The molecule has 0 aliphatic carbocycles. The van der Waals surface area contributed by atoms with Gasteiger partial charge in [0.25, 0.3) is 0 Å². The highest BCUT2D eigenvalue weighted by atomic mass is 16.4. The van der Waals surface area contributed by atoms with Gasteiger partial charge in [-0.15, -0.1) is 0 Å². The van der Waals surface area contributed by atoms with Gasteiger partial charge in [0, 0.05) is 30.3 Å². The Hall–Kier alpha value is -1.36. The smallest absolute Gasteiger partial charge is 0.331 e. The molecule has 21 heavy (non-hydrogen) atoms. The first kappa shape index (κ1) is 16.0. The monoisotopic (exact) mass is 294 g/mol. The van der Waals surface area contributed by atoms with E-state index < -0.39 is 5.97 Å². The van der Waals surface area contributed by atoms with Crippen molar-refractivity contribution in [2.24, 2.45) is 0 Å². The lowest BCUT2D eigenvalue weighted by Gasteiger charge is -2.40. The predicted molar refractivity (Wildman–Crippen MR) is 81.0 cm³/mol. The van der Waals surface area contributed by atoms with E-state index in [1.54, 1.807) is 6.92 Å². The van der Waals surface area contributed by atoms with Crippen molar-refractivity contribution in [3.8, 4) is 0 Å². The summed E-state index contributed by atoms with van der Waals surface area (Å²) in [6, 6.07) is 0.596. The van der Waals surface area contributed by atoms with Crippen LogP contribution in [0.2, 0.25) is 0 Å². The van der Waals surface area contributed by atoms with Crippen LogP contribution in [0.1, 0.15) is 46.0 Å². The lowest BCUT2D eigenvalue weighted by atomic mass is 9.99. The van der Waals surface area contributed by atoms with E-state index in [1.165, 1.54) is 39.3 Å². The summed E-state index contributed by atoms with van der Waals surface area (Å²) in [6.07, 6.45) is 5.93. The Kier molecular flexibility index (Phi) is 5.39. The maximum absolute atomic E-state index is 12.3. The number of hydrogen-bond acceptors (Lipinski definition) is 3. The van der Waals surface area contributed by atoms with Crippen molar-refractivity contribution in [1.82, 2.24) is 9.80 Å². The SMILES string of the molecule is CC(C(=O)O)=C(C)C(=O)N1CCC(N2CCCCC2)CC1. The summed E-state index contributed by atoms with van der Waals surface area (Å²) in [7, 11) is 0. The molecule has 0 spiro atoms. The largest absolute Gasteiger partial charge is 0.478 e. The highest BCUT2D eigenvalue weighted by molar-refractivity contribution is 6.01. The first-order chi connectivity index (χ1) is 10.0. The minimum absolute atomic E-state index is 0.119. The fourth-order valence-electron chi connectivity index (χ4n) is 3.28. The van der Waals surface area contributed by atoms with Gasteiger partial charge in [-0.25, -0.2) is 4.79 Å². The van der Waals surface area contributed by atoms with Crippen LogP contribution < -0.4 is 0 Å². The lowest BCUT2D eigenvalue weighted by molar-refractivity contribution is -0.134. The first-order valence-electron chi connectivity index (χ1n) is 7.95. The van der Waals surface area contributed by atoms with Gasteiger partial charge in [-0.3, -0.25) is 4.79 Å². The Balaban J connectivity index is 1.90. The summed E-state index contributed by atoms with van der Waals surface area (Å²) in [5, 5.41) is 8.98. The molecule has 2 saturated heterocycles. The summed E-state index contributed by atoms with van der Waals surface area (Å²) in [5.74, 6) is -1.13. The fraction of sp³-hybridized carbons (Fsp3) is 0.750. The summed E-state index contributed by atoms with van der Waals surface area (Å²) < 4.78 is 0. The van der Waals surface area contributed by atoms with Gasteiger partial charge in [0.15, 0.2) is 0 Å². The summed E-state index contributed by atoms with van der Waals surface area (Å²) in [5.41, 5.74) is 0.511. The van der Waals surface area contributed by atoms with Crippen LogP contribution in [0.25, 0.3) is 0 Å². The zero-order valence-corrected chi connectivity index (χ0v) is 13.1. The zero-order chi connectivity index (χ0) is 15.4. The van der Waals surface area contributed by atoms with Crippen molar-refractivity contribution in [2.45, 2.75) is 52.0 Å². The van der Waals surface area contributed by atoms with E-state index in [4.69, 9.17) is 5.11 Å². The highest BCUT2D eigenvalue weighted by Crippen LogP contribution is 2.22. The third kappa shape index (κ3) is 3.84. The number of piperidine rings is 2. The fourth-order valence-corrected chi connectivity index (χ4v) is 3.28. The molecule has 0 atom stereocenters. The van der Waals surface area contributed by atoms with Crippen molar-refractivity contribution < 1.29 is 14.7 Å². The second kappa shape index (κ2) is 7.07. The van der Waals surface area contributed by atoms with Crippen LogP contribution in [0.3, 0.4) is 0 Å². The minimum Gasteiger partial charge on any atom is -0.478 e. The number of amides is 1. The highest BCUT2D eigenvalue weighted by Gasteiger charge is 2.28. The van der Waals surface area contributed by atoms with Crippen LogP contribution >= 0.6 is 0 Å². The number of aliphatic carboxylic acids is 1. The van der Waals surface area contributed by atoms with Crippen molar-refractivity contribution in [2.75, 3.05) is 26.2 Å². The standard InChI is InChI=1S/C16H26N2O3/c1-12(13(2)16(20)21)15(19)18-10-6-14(7-11-18)17-8-4-3-5-9-17/h14H,3-11H2,1-2H3,(H,20,21). The molecule has 5 heteroatoms. The number of nitrogens with zero attached hydrogens (tertiary/aromatic N) is 2. The minimum atomic E-state index is -1.01. The number of hydrogen-bond donors (Lipinski definition) is 1. The van der Waals surface area contributed by atoms with Gasteiger partial charge >= 0.3 is 5.97 Å². The number of carbonyl (C=O) groups is 2. The van der Waals surface area contributed by atoms with Gasteiger partial charge < -0.3 is 14.9 Å². The molecule has 1 amide bonds. The normalized spacial score (nSPS) is 22.9. The van der Waals surface area contributed by atoms with Crippen LogP contribution in [-0.2, 0) is 9.59 Å². The van der Waals surface area contributed by atoms with Gasteiger partial charge in [0.05, 0.1) is 0 Å². The second-order valence-electron chi connectivity index (χ2n) is 6.18. The zero-order valence-electron chi connectivity index (χ0n) is 13.1. The van der Waals surface area contributed by atoms with Gasteiger partial charge in [-0.1, -0.05) is 6.42 Å². The van der Waals surface area contributed by atoms with Gasteiger partial charge in [-0.2, -0.15) is 0 Å². The lowest BCUT2D eigenvalue weighted by Crippen LogP contribution is -2.48. The van der Waals surface area contributed by atoms with Crippen molar-refractivity contribution in [3.63, 3.8) is 0 Å². The number of carbonyl (C=O) groups excluding carboxylic acids is 1. The van der Waals surface area contributed by atoms with Crippen LogP contribution in [0, 0.1) is 0 Å². The summed E-state index contributed by atoms with van der Waals surface area (Å²) >= 11 is 0. The van der Waals surface area contributed by atoms with Crippen LogP contribution in [0.15, 0.2) is 11.1 Å². The molecule has 0 aromatic heterocycles.